The molecule has 0 spiro atoms. The zero-order valence-corrected chi connectivity index (χ0v) is 15.4. The van der Waals surface area contributed by atoms with E-state index in [1.54, 1.807) is 34.6 Å². The van der Waals surface area contributed by atoms with Crippen molar-refractivity contribution in [3.8, 4) is 45.4 Å². The van der Waals surface area contributed by atoms with Crippen molar-refractivity contribution in [2.24, 2.45) is 0 Å². The van der Waals surface area contributed by atoms with E-state index in [9.17, 15) is 0 Å². The molecule has 1 N–H and O–H groups in total. The molecule has 0 aliphatic rings. The van der Waals surface area contributed by atoms with Crippen molar-refractivity contribution in [3.63, 3.8) is 0 Å². The number of benzene rings is 2. The monoisotopic (exact) mass is 355 g/mol. The second-order valence-electron chi connectivity index (χ2n) is 5.61. The minimum atomic E-state index is 0.482. The molecule has 0 radical (unpaired) electrons. The van der Waals surface area contributed by atoms with Gasteiger partial charge in [0.25, 0.3) is 0 Å². The summed E-state index contributed by atoms with van der Waals surface area (Å²) in [5.41, 5.74) is 4.59. The minimum Gasteiger partial charge on any atom is -0.493 e. The van der Waals surface area contributed by atoms with E-state index in [0.717, 1.165) is 27.9 Å². The highest BCUT2D eigenvalue weighted by atomic mass is 16.5. The largest absolute Gasteiger partial charge is 0.493 e. The molecule has 26 heavy (non-hydrogen) atoms. The van der Waals surface area contributed by atoms with Crippen molar-refractivity contribution < 1.29 is 18.9 Å². The van der Waals surface area contributed by atoms with Gasteiger partial charge in [-0.25, -0.2) is 0 Å². The normalized spacial score (nSPS) is 10.5. The summed E-state index contributed by atoms with van der Waals surface area (Å²) in [6.45, 7) is 2.03. The molecule has 0 fully saturated rings. The van der Waals surface area contributed by atoms with Gasteiger partial charge in [-0.3, -0.25) is 0 Å². The van der Waals surface area contributed by atoms with Crippen LogP contribution in [-0.4, -0.2) is 43.8 Å². The van der Waals surface area contributed by atoms with Crippen molar-refractivity contribution in [1.82, 2.24) is 15.4 Å². The average molecular weight is 355 g/mol. The lowest BCUT2D eigenvalue weighted by Gasteiger charge is -2.20. The van der Waals surface area contributed by atoms with Gasteiger partial charge in [-0.15, -0.1) is 0 Å². The zero-order valence-electron chi connectivity index (χ0n) is 15.4. The molecule has 0 amide bonds. The summed E-state index contributed by atoms with van der Waals surface area (Å²) in [6.07, 6.45) is 1.68. The van der Waals surface area contributed by atoms with Crippen LogP contribution in [0.3, 0.4) is 0 Å². The number of hydrogen-bond acceptors (Lipinski definition) is 6. The Morgan fingerprint density at radius 1 is 0.808 bits per heavy atom. The third kappa shape index (κ3) is 2.92. The van der Waals surface area contributed by atoms with Crippen LogP contribution in [0.25, 0.3) is 22.4 Å². The Balaban J connectivity index is 2.28. The Hall–Kier alpha value is -3.22. The summed E-state index contributed by atoms with van der Waals surface area (Å²) >= 11 is 0. The summed E-state index contributed by atoms with van der Waals surface area (Å²) < 4.78 is 22.1. The van der Waals surface area contributed by atoms with E-state index >= 15 is 0 Å². The molecular weight excluding hydrogens is 334 g/mol. The van der Waals surface area contributed by atoms with Crippen molar-refractivity contribution in [2.75, 3.05) is 28.4 Å². The fourth-order valence-corrected chi connectivity index (χ4v) is 2.94. The third-order valence-electron chi connectivity index (χ3n) is 4.23. The number of H-pyrrole nitrogens is 1. The number of aryl methyl sites for hydroxylation is 1. The van der Waals surface area contributed by atoms with Gasteiger partial charge in [0, 0.05) is 11.1 Å². The van der Waals surface area contributed by atoms with E-state index in [1.165, 1.54) is 0 Å². The van der Waals surface area contributed by atoms with Crippen LogP contribution < -0.4 is 18.9 Å². The summed E-state index contributed by atoms with van der Waals surface area (Å²) in [7, 11) is 6.33. The molecule has 0 unspecified atom stereocenters. The number of methoxy groups -OCH3 is 4. The average Bonchev–Trinajstić information content (AvgIpc) is 3.21. The number of nitrogens with one attached hydrogen (secondary N) is 1. The first-order chi connectivity index (χ1) is 12.6. The van der Waals surface area contributed by atoms with Gasteiger partial charge in [-0.1, -0.05) is 12.1 Å². The molecule has 7 heteroatoms. The first-order valence-electron chi connectivity index (χ1n) is 7.98. The van der Waals surface area contributed by atoms with Gasteiger partial charge in [0.1, 0.15) is 5.69 Å². The highest BCUT2D eigenvalue weighted by Crippen LogP contribution is 2.50. The summed E-state index contributed by atoms with van der Waals surface area (Å²) in [5, 5.41) is 10.7. The molecule has 0 bridgehead atoms. The second kappa shape index (κ2) is 7.35. The number of aromatic nitrogens is 3. The van der Waals surface area contributed by atoms with Crippen LogP contribution in [0.5, 0.6) is 23.0 Å². The molecule has 3 rings (SSSR count). The predicted molar refractivity (Wildman–Crippen MR) is 98.2 cm³/mol. The van der Waals surface area contributed by atoms with Gasteiger partial charge in [0.05, 0.1) is 34.6 Å². The molecule has 0 saturated heterocycles. The number of rotatable bonds is 6. The predicted octanol–water partition coefficient (Wildman–Crippen LogP) is 3.48. The standard InChI is InChI=1S/C19H21N3O4/c1-11-6-7-12(15-10-20-22-21-15)8-13(11)14-9-16(23-2)18(25-4)19(26-5)17(14)24-3/h6-10H,1-5H3,(H,20,21,22). The van der Waals surface area contributed by atoms with Crippen molar-refractivity contribution in [1.29, 1.82) is 0 Å². The molecule has 3 aromatic rings. The van der Waals surface area contributed by atoms with Gasteiger partial charge >= 0.3 is 0 Å². The molecule has 0 aliphatic carbocycles. The highest BCUT2D eigenvalue weighted by molar-refractivity contribution is 5.83. The van der Waals surface area contributed by atoms with Crippen molar-refractivity contribution in [3.05, 3.63) is 36.0 Å². The quantitative estimate of drug-likeness (QED) is 0.729. The van der Waals surface area contributed by atoms with Gasteiger partial charge in [-0.05, 0) is 30.2 Å². The zero-order chi connectivity index (χ0) is 18.7. The molecule has 1 aromatic heterocycles. The van der Waals surface area contributed by atoms with Crippen LogP contribution >= 0.6 is 0 Å². The molecule has 0 aliphatic heterocycles. The number of ether oxygens (including phenoxy) is 4. The van der Waals surface area contributed by atoms with Crippen LogP contribution in [0.1, 0.15) is 5.56 Å². The topological polar surface area (TPSA) is 78.5 Å². The van der Waals surface area contributed by atoms with E-state index in [2.05, 4.69) is 15.4 Å². The summed E-state index contributed by atoms with van der Waals surface area (Å²) in [4.78, 5) is 0. The first-order valence-corrected chi connectivity index (χ1v) is 7.98. The Morgan fingerprint density at radius 3 is 2.12 bits per heavy atom. The lowest BCUT2D eigenvalue weighted by molar-refractivity contribution is 0.306. The molecule has 2 aromatic carbocycles. The highest BCUT2D eigenvalue weighted by Gasteiger charge is 2.23. The van der Waals surface area contributed by atoms with E-state index in [0.29, 0.717) is 23.0 Å². The summed E-state index contributed by atoms with van der Waals surface area (Å²) in [5.74, 6) is 2.11. The molecule has 7 nitrogen and oxygen atoms in total. The Kier molecular flexibility index (Phi) is 4.97. The van der Waals surface area contributed by atoms with E-state index in [-0.39, 0.29) is 0 Å². The smallest absolute Gasteiger partial charge is 0.207 e. The first kappa shape index (κ1) is 17.6. The van der Waals surface area contributed by atoms with E-state index < -0.39 is 0 Å². The minimum absolute atomic E-state index is 0.482. The Bertz CT molecular complexity index is 908. The SMILES string of the molecule is COc1cc(-c2cc(-c3cn[nH]n3)ccc2C)c(OC)c(OC)c1OC. The third-order valence-corrected chi connectivity index (χ3v) is 4.23. The molecule has 1 heterocycles. The maximum atomic E-state index is 5.65. The maximum absolute atomic E-state index is 5.65. The fraction of sp³-hybridized carbons (Fsp3) is 0.263. The van der Waals surface area contributed by atoms with E-state index in [4.69, 9.17) is 18.9 Å². The molecule has 136 valence electrons. The van der Waals surface area contributed by atoms with E-state index in [1.807, 2.05) is 31.2 Å². The lowest BCUT2D eigenvalue weighted by atomic mass is 9.95. The van der Waals surface area contributed by atoms with Gasteiger partial charge < -0.3 is 18.9 Å². The van der Waals surface area contributed by atoms with Crippen LogP contribution in [0.4, 0.5) is 0 Å². The Labute approximate surface area is 151 Å². The lowest BCUT2D eigenvalue weighted by Crippen LogP contribution is -2.00. The number of aromatic amines is 1. The van der Waals surface area contributed by atoms with Crippen molar-refractivity contribution >= 4 is 0 Å². The molecular formula is C19H21N3O4. The van der Waals surface area contributed by atoms with Crippen LogP contribution in [0.2, 0.25) is 0 Å². The second-order valence-corrected chi connectivity index (χ2v) is 5.61. The van der Waals surface area contributed by atoms with Gasteiger partial charge in [-0.2, -0.15) is 15.4 Å². The maximum Gasteiger partial charge on any atom is 0.207 e. The van der Waals surface area contributed by atoms with Crippen molar-refractivity contribution in [2.45, 2.75) is 6.92 Å². The van der Waals surface area contributed by atoms with Gasteiger partial charge in [0.2, 0.25) is 11.5 Å². The Morgan fingerprint density at radius 2 is 1.54 bits per heavy atom. The number of nitrogens with zero attached hydrogens (tertiary/aromatic N) is 2. The fourth-order valence-electron chi connectivity index (χ4n) is 2.94. The molecule has 0 atom stereocenters. The number of hydrogen-bond donors (Lipinski definition) is 1. The summed E-state index contributed by atoms with van der Waals surface area (Å²) in [6, 6.07) is 7.95. The van der Waals surface area contributed by atoms with Crippen LogP contribution in [0, 0.1) is 6.92 Å². The van der Waals surface area contributed by atoms with Crippen LogP contribution in [-0.2, 0) is 0 Å². The van der Waals surface area contributed by atoms with Crippen LogP contribution in [0.15, 0.2) is 30.5 Å². The van der Waals surface area contributed by atoms with Gasteiger partial charge in [0.15, 0.2) is 11.5 Å². The molecule has 0 saturated carbocycles.